The number of carbonyl (C=O) groups is 4. The molecule has 1 saturated heterocycles. The van der Waals surface area contributed by atoms with Gasteiger partial charge in [0.05, 0.1) is 41.4 Å². The molecule has 2 heterocycles. The molecule has 2 aliphatic carbocycles. The number of imide groups is 1. The molecule has 6 unspecified atom stereocenters. The largest absolute Gasteiger partial charge is 0.497 e. The molecule has 1 aromatic heterocycles. The quantitative estimate of drug-likeness (QED) is 0.0878. The van der Waals surface area contributed by atoms with Crippen LogP contribution in [-0.2, 0) is 14.3 Å². The van der Waals surface area contributed by atoms with Crippen molar-refractivity contribution in [3.05, 3.63) is 88.9 Å². The Bertz CT molecular complexity index is 1850. The van der Waals surface area contributed by atoms with Crippen LogP contribution in [-0.4, -0.2) is 51.9 Å². The van der Waals surface area contributed by atoms with E-state index in [9.17, 15) is 19.2 Å². The molecule has 0 N–H and O–H groups in total. The molecule has 6 atom stereocenters. The number of rotatable bonds is 7. The fourth-order valence-corrected chi connectivity index (χ4v) is 9.01. The van der Waals surface area contributed by atoms with E-state index in [1.807, 2.05) is 0 Å². The van der Waals surface area contributed by atoms with Crippen LogP contribution in [0.25, 0.3) is 22.2 Å². The average molecular weight is 753 g/mol. The summed E-state index contributed by atoms with van der Waals surface area (Å²) in [7, 11) is 1.53. The summed E-state index contributed by atoms with van der Waals surface area (Å²) < 4.78 is 10.6. The van der Waals surface area contributed by atoms with Crippen LogP contribution in [0.2, 0.25) is 5.02 Å². The second kappa shape index (κ2) is 11.6. The van der Waals surface area contributed by atoms with E-state index in [1.165, 1.54) is 12.0 Å². The van der Waals surface area contributed by atoms with Crippen molar-refractivity contribution >= 4 is 83.6 Å². The number of carbonyl (C=O) groups excluding carboxylic acids is 4. The lowest BCUT2D eigenvalue weighted by atomic mass is 9.81. The van der Waals surface area contributed by atoms with Gasteiger partial charge in [-0.2, -0.15) is 0 Å². The summed E-state index contributed by atoms with van der Waals surface area (Å²) in [5.74, 6) is -1.10. The summed E-state index contributed by atoms with van der Waals surface area (Å²) in [5, 5.41) is 0.898. The number of anilines is 1. The highest BCUT2D eigenvalue weighted by Gasteiger charge is 2.66. The van der Waals surface area contributed by atoms with E-state index >= 15 is 0 Å². The summed E-state index contributed by atoms with van der Waals surface area (Å²) in [6.45, 7) is -0.452. The first-order chi connectivity index (χ1) is 21.7. The van der Waals surface area contributed by atoms with Crippen LogP contribution in [0, 0.1) is 23.7 Å². The molecule has 7 rings (SSSR count). The number of Topliss-reactive ketones (excluding diaryl/α,β-unsaturated/α-hetero) is 1. The van der Waals surface area contributed by atoms with Gasteiger partial charge in [0.25, 0.3) is 0 Å². The Kier molecular flexibility index (Phi) is 7.78. The second-order valence-electron chi connectivity index (χ2n) is 11.5. The number of amides is 2. The van der Waals surface area contributed by atoms with Crippen molar-refractivity contribution in [3.8, 4) is 17.0 Å². The third-order valence-corrected chi connectivity index (χ3v) is 12.6. The lowest BCUT2D eigenvalue weighted by Gasteiger charge is -2.28. The van der Waals surface area contributed by atoms with Gasteiger partial charge in [-0.15, -0.1) is 0 Å². The molecule has 3 aliphatic rings. The number of hydrogen-bond donors (Lipinski definition) is 0. The number of methoxy groups -OCH3 is 1. The van der Waals surface area contributed by atoms with E-state index < -0.39 is 12.6 Å². The van der Waals surface area contributed by atoms with Crippen molar-refractivity contribution in [2.45, 2.75) is 16.1 Å². The molecule has 2 amide bonds. The third-order valence-electron chi connectivity index (χ3n) is 9.15. The average Bonchev–Trinajstić information content (AvgIpc) is 3.67. The normalized spacial score (nSPS) is 25.1. The highest BCUT2D eigenvalue weighted by atomic mass is 79.9. The molecular formula is C34H25Br2ClN2O6. The molecule has 8 nitrogen and oxygen atoms in total. The molecule has 228 valence electrons. The molecule has 1 aliphatic heterocycles. The first-order valence-electron chi connectivity index (χ1n) is 14.4. The van der Waals surface area contributed by atoms with Gasteiger partial charge in [0.15, 0.2) is 12.4 Å². The van der Waals surface area contributed by atoms with Gasteiger partial charge in [0, 0.05) is 31.2 Å². The number of benzene rings is 3. The number of aromatic nitrogens is 1. The number of esters is 1. The zero-order valence-electron chi connectivity index (χ0n) is 23.8. The Hall–Kier alpha value is -3.60. The van der Waals surface area contributed by atoms with E-state index in [4.69, 9.17) is 26.1 Å². The number of ether oxygens (including phenoxy) is 2. The summed E-state index contributed by atoms with van der Waals surface area (Å²) in [6, 6.07) is 20.1. The van der Waals surface area contributed by atoms with E-state index in [2.05, 4.69) is 31.9 Å². The number of alkyl halides is 2. The topological polar surface area (TPSA) is 103 Å². The molecular weight excluding hydrogens is 728 g/mol. The van der Waals surface area contributed by atoms with Crippen LogP contribution in [0.3, 0.4) is 0 Å². The fourth-order valence-electron chi connectivity index (χ4n) is 6.97. The number of ketones is 1. The van der Waals surface area contributed by atoms with Gasteiger partial charge in [-0.1, -0.05) is 55.6 Å². The SMILES string of the molecule is COc1ccc(C(=O)COC(=O)c2cc(-c3ccc(N4C(=O)C5C6CC(C(Br)C6Br)C5C4=O)cc3)nc3ccc(Cl)cc23)cc1. The lowest BCUT2D eigenvalue weighted by molar-refractivity contribution is -0.123. The first-order valence-corrected chi connectivity index (χ1v) is 16.6. The minimum atomic E-state index is -0.700. The number of pyridine rings is 1. The monoisotopic (exact) mass is 750 g/mol. The van der Waals surface area contributed by atoms with E-state index in [1.54, 1.807) is 72.8 Å². The molecule has 0 radical (unpaired) electrons. The standard InChI is InChI=1S/C34H25Br2ClN2O6/c1-44-20-9-4-17(5-10-20)27(40)15-45-34(43)22-14-26(38-25-11-6-18(37)12-21(22)25)16-2-7-19(8-3-16)39-32(41)28-23-13-24(29(28)33(39)42)31(36)30(23)35/h2-12,14,23-24,28-31H,13,15H2,1H3. The van der Waals surface area contributed by atoms with Gasteiger partial charge in [-0.25, -0.2) is 9.78 Å². The van der Waals surface area contributed by atoms with Crippen LogP contribution in [0.4, 0.5) is 5.69 Å². The van der Waals surface area contributed by atoms with E-state index in [0.717, 1.165) is 6.42 Å². The van der Waals surface area contributed by atoms with Crippen LogP contribution < -0.4 is 9.64 Å². The van der Waals surface area contributed by atoms with Crippen LogP contribution in [0.1, 0.15) is 27.1 Å². The Balaban J connectivity index is 1.15. The first kappa shape index (κ1) is 30.1. The van der Waals surface area contributed by atoms with Crippen molar-refractivity contribution in [1.29, 1.82) is 0 Å². The fraction of sp³-hybridized carbons (Fsp3) is 0.265. The van der Waals surface area contributed by atoms with Gasteiger partial charge < -0.3 is 9.47 Å². The smallest absolute Gasteiger partial charge is 0.339 e. The van der Waals surface area contributed by atoms with Crippen molar-refractivity contribution in [1.82, 2.24) is 4.98 Å². The van der Waals surface area contributed by atoms with Gasteiger partial charge >= 0.3 is 5.97 Å². The van der Waals surface area contributed by atoms with Crippen LogP contribution >= 0.6 is 43.5 Å². The zero-order chi connectivity index (χ0) is 31.6. The summed E-state index contributed by atoms with van der Waals surface area (Å²) >= 11 is 13.7. The maximum atomic E-state index is 13.5. The summed E-state index contributed by atoms with van der Waals surface area (Å²) in [4.78, 5) is 59.4. The molecule has 11 heteroatoms. The van der Waals surface area contributed by atoms with E-state index in [-0.39, 0.29) is 56.5 Å². The second-order valence-corrected chi connectivity index (χ2v) is 14.1. The maximum Gasteiger partial charge on any atom is 0.339 e. The number of fused-ring (bicyclic) bond motifs is 6. The van der Waals surface area contributed by atoms with Crippen molar-refractivity contribution in [3.63, 3.8) is 0 Å². The molecule has 2 saturated carbocycles. The minimum Gasteiger partial charge on any atom is -0.497 e. The van der Waals surface area contributed by atoms with Crippen molar-refractivity contribution in [2.75, 3.05) is 18.6 Å². The highest BCUT2D eigenvalue weighted by molar-refractivity contribution is 9.12. The number of hydrogen-bond acceptors (Lipinski definition) is 7. The van der Waals surface area contributed by atoms with Gasteiger partial charge in [-0.3, -0.25) is 19.3 Å². The van der Waals surface area contributed by atoms with Crippen molar-refractivity contribution in [2.24, 2.45) is 23.7 Å². The highest BCUT2D eigenvalue weighted by Crippen LogP contribution is 2.60. The maximum absolute atomic E-state index is 13.5. The van der Waals surface area contributed by atoms with Gasteiger partial charge in [0.2, 0.25) is 11.8 Å². The Morgan fingerprint density at radius 1 is 0.911 bits per heavy atom. The third kappa shape index (κ3) is 5.07. The van der Waals surface area contributed by atoms with Crippen LogP contribution in [0.5, 0.6) is 5.75 Å². The predicted octanol–water partition coefficient (Wildman–Crippen LogP) is 6.89. The Morgan fingerprint density at radius 3 is 2.18 bits per heavy atom. The van der Waals surface area contributed by atoms with Crippen molar-refractivity contribution < 1.29 is 28.7 Å². The zero-order valence-corrected chi connectivity index (χ0v) is 27.7. The van der Waals surface area contributed by atoms with Gasteiger partial charge in [-0.05, 0) is 78.9 Å². The Labute approximate surface area is 280 Å². The molecule has 0 spiro atoms. The summed E-state index contributed by atoms with van der Waals surface area (Å²) in [5.41, 5.74) is 2.74. The number of halogens is 3. The molecule has 45 heavy (non-hydrogen) atoms. The lowest BCUT2D eigenvalue weighted by Crippen LogP contribution is -2.37. The summed E-state index contributed by atoms with van der Waals surface area (Å²) in [6.07, 6.45) is 0.866. The number of nitrogens with zero attached hydrogens (tertiary/aromatic N) is 2. The molecule has 4 aromatic rings. The minimum absolute atomic E-state index is 0.130. The predicted molar refractivity (Wildman–Crippen MR) is 176 cm³/mol. The molecule has 2 bridgehead atoms. The van der Waals surface area contributed by atoms with Crippen LogP contribution in [0.15, 0.2) is 72.8 Å². The van der Waals surface area contributed by atoms with E-state index in [0.29, 0.717) is 44.2 Å². The Morgan fingerprint density at radius 2 is 1.56 bits per heavy atom. The molecule has 3 fully saturated rings. The molecule has 3 aromatic carbocycles. The van der Waals surface area contributed by atoms with Gasteiger partial charge in [0.1, 0.15) is 5.75 Å².